The largest absolute Gasteiger partial charge is 0.441 e. The monoisotopic (exact) mass is 428 g/mol. The Morgan fingerprint density at radius 3 is 2.68 bits per heavy atom. The molecular weight excluding hydrogens is 406 g/mol. The van der Waals surface area contributed by atoms with Crippen LogP contribution in [0.1, 0.15) is 17.9 Å². The van der Waals surface area contributed by atoms with E-state index >= 15 is 0 Å². The topological polar surface area (TPSA) is 80.5 Å². The number of aromatic nitrogens is 2. The number of rotatable bonds is 7. The summed E-state index contributed by atoms with van der Waals surface area (Å²) in [6.45, 7) is 3.30. The summed E-state index contributed by atoms with van der Waals surface area (Å²) in [4.78, 5) is 22.8. The Balaban J connectivity index is 1.29. The van der Waals surface area contributed by atoms with E-state index in [4.69, 9.17) is 9.15 Å². The number of nitrogens with one attached hydrogen (secondary N) is 1. The van der Waals surface area contributed by atoms with Gasteiger partial charge in [-0.15, -0.1) is 0 Å². The van der Waals surface area contributed by atoms with E-state index in [1.54, 1.807) is 6.20 Å². The highest BCUT2D eigenvalue weighted by atomic mass is 19.1. The van der Waals surface area contributed by atoms with Crippen molar-refractivity contribution in [3.05, 3.63) is 65.8 Å². The van der Waals surface area contributed by atoms with Gasteiger partial charge >= 0.3 is 0 Å². The number of hydrogen-bond acceptors (Lipinski definition) is 6. The van der Waals surface area contributed by atoms with Crippen LogP contribution in [0.4, 0.5) is 14.6 Å². The maximum absolute atomic E-state index is 13.9. The second-order valence-electron chi connectivity index (χ2n) is 7.11. The van der Waals surface area contributed by atoms with Crippen molar-refractivity contribution >= 4 is 11.7 Å². The number of benzene rings is 1. The highest BCUT2D eigenvalue weighted by molar-refractivity contribution is 5.76. The van der Waals surface area contributed by atoms with Crippen molar-refractivity contribution in [2.75, 3.05) is 31.2 Å². The third-order valence-corrected chi connectivity index (χ3v) is 4.96. The zero-order valence-electron chi connectivity index (χ0n) is 16.8. The van der Waals surface area contributed by atoms with Crippen molar-refractivity contribution in [1.82, 2.24) is 15.3 Å². The van der Waals surface area contributed by atoms with E-state index in [9.17, 15) is 13.6 Å². The molecule has 9 heteroatoms. The van der Waals surface area contributed by atoms with Crippen LogP contribution in [0, 0.1) is 11.6 Å². The fourth-order valence-corrected chi connectivity index (χ4v) is 3.32. The van der Waals surface area contributed by atoms with Gasteiger partial charge in [-0.1, -0.05) is 6.07 Å². The molecule has 1 N–H and O–H groups in total. The molecular formula is C22H22F2N4O3. The van der Waals surface area contributed by atoms with Gasteiger partial charge in [-0.25, -0.2) is 18.7 Å². The minimum absolute atomic E-state index is 0.00145. The Hall–Kier alpha value is -3.33. The van der Waals surface area contributed by atoms with Crippen molar-refractivity contribution in [3.63, 3.8) is 0 Å². The molecule has 0 spiro atoms. The second-order valence-corrected chi connectivity index (χ2v) is 7.11. The zero-order chi connectivity index (χ0) is 21.6. The van der Waals surface area contributed by atoms with Crippen LogP contribution in [-0.2, 0) is 22.5 Å². The quantitative estimate of drug-likeness (QED) is 0.623. The molecule has 31 heavy (non-hydrogen) atoms. The molecule has 2 aromatic heterocycles. The molecule has 0 atom stereocenters. The van der Waals surface area contributed by atoms with Gasteiger partial charge in [0.15, 0.2) is 11.7 Å². The van der Waals surface area contributed by atoms with Crippen LogP contribution >= 0.6 is 0 Å². The molecule has 0 saturated carbocycles. The number of aryl methyl sites for hydroxylation is 1. The highest BCUT2D eigenvalue weighted by Crippen LogP contribution is 2.26. The van der Waals surface area contributed by atoms with Gasteiger partial charge in [-0.2, -0.15) is 0 Å². The van der Waals surface area contributed by atoms with Crippen LogP contribution in [0.3, 0.4) is 0 Å². The predicted molar refractivity (Wildman–Crippen MR) is 109 cm³/mol. The average Bonchev–Trinajstić information content (AvgIpc) is 3.25. The first-order valence-electron chi connectivity index (χ1n) is 10.0. The predicted octanol–water partition coefficient (Wildman–Crippen LogP) is 3.10. The SMILES string of the molecule is O=C(CCc1ncc(-c2c(F)cccc2F)o1)NCc1ccnc(N2CCOCC2)c1. The second kappa shape index (κ2) is 9.65. The maximum atomic E-state index is 13.9. The van der Waals surface area contributed by atoms with Gasteiger partial charge in [0, 0.05) is 38.7 Å². The number of carbonyl (C=O) groups excluding carboxylic acids is 1. The third-order valence-electron chi connectivity index (χ3n) is 4.96. The molecule has 0 bridgehead atoms. The summed E-state index contributed by atoms with van der Waals surface area (Å²) in [6, 6.07) is 7.39. The van der Waals surface area contributed by atoms with Crippen molar-refractivity contribution in [3.8, 4) is 11.3 Å². The smallest absolute Gasteiger partial charge is 0.220 e. The number of halogens is 2. The summed E-state index contributed by atoms with van der Waals surface area (Å²) >= 11 is 0. The molecule has 1 amide bonds. The molecule has 1 aliphatic rings. The molecule has 162 valence electrons. The number of ether oxygens (including phenoxy) is 1. The summed E-state index contributed by atoms with van der Waals surface area (Å²) in [5.74, 6) is -0.530. The summed E-state index contributed by atoms with van der Waals surface area (Å²) in [7, 11) is 0. The molecule has 0 unspecified atom stereocenters. The minimum atomic E-state index is -0.728. The number of morpholine rings is 1. The van der Waals surface area contributed by atoms with E-state index < -0.39 is 11.6 Å². The summed E-state index contributed by atoms with van der Waals surface area (Å²) in [5.41, 5.74) is 0.678. The Bertz CT molecular complexity index is 1030. The first-order chi connectivity index (χ1) is 15.1. The van der Waals surface area contributed by atoms with Crippen molar-refractivity contribution in [1.29, 1.82) is 0 Å². The van der Waals surface area contributed by atoms with E-state index in [2.05, 4.69) is 20.2 Å². The Morgan fingerprint density at radius 1 is 1.13 bits per heavy atom. The standard InChI is InChI=1S/C22H22F2N4O3/c23-16-2-1-3-17(24)22(16)18-14-27-21(31-18)5-4-20(29)26-13-15-6-7-25-19(12-15)28-8-10-30-11-9-28/h1-3,6-7,12,14H,4-5,8-11,13H2,(H,26,29). The average molecular weight is 428 g/mol. The number of anilines is 1. The lowest BCUT2D eigenvalue weighted by Crippen LogP contribution is -2.36. The highest BCUT2D eigenvalue weighted by Gasteiger charge is 2.16. The molecule has 0 radical (unpaired) electrons. The Kier molecular flexibility index (Phi) is 6.51. The van der Waals surface area contributed by atoms with Gasteiger partial charge in [0.2, 0.25) is 5.91 Å². The van der Waals surface area contributed by atoms with Crippen molar-refractivity contribution in [2.24, 2.45) is 0 Å². The number of oxazole rings is 1. The Labute approximate surface area is 178 Å². The molecule has 1 aliphatic heterocycles. The van der Waals surface area contributed by atoms with Crippen molar-refractivity contribution < 1.29 is 22.7 Å². The molecule has 7 nitrogen and oxygen atoms in total. The summed E-state index contributed by atoms with van der Waals surface area (Å²) in [6.07, 6.45) is 3.35. The fourth-order valence-electron chi connectivity index (χ4n) is 3.32. The normalized spacial score (nSPS) is 13.9. The third kappa shape index (κ3) is 5.24. The van der Waals surface area contributed by atoms with Crippen molar-refractivity contribution in [2.45, 2.75) is 19.4 Å². The molecule has 1 fully saturated rings. The lowest BCUT2D eigenvalue weighted by molar-refractivity contribution is -0.121. The van der Waals surface area contributed by atoms with Crippen LogP contribution in [-0.4, -0.2) is 42.2 Å². The minimum Gasteiger partial charge on any atom is -0.441 e. The van der Waals surface area contributed by atoms with E-state index in [0.29, 0.717) is 19.8 Å². The van der Waals surface area contributed by atoms with Gasteiger partial charge in [-0.3, -0.25) is 4.79 Å². The first kappa shape index (κ1) is 20.9. The van der Waals surface area contributed by atoms with E-state index in [-0.39, 0.29) is 36.0 Å². The zero-order valence-corrected chi connectivity index (χ0v) is 16.8. The van der Waals surface area contributed by atoms with Gasteiger partial charge in [-0.05, 0) is 29.8 Å². The van der Waals surface area contributed by atoms with E-state index in [1.165, 1.54) is 12.3 Å². The molecule has 0 aliphatic carbocycles. The van der Waals surface area contributed by atoms with Crippen LogP contribution < -0.4 is 10.2 Å². The van der Waals surface area contributed by atoms with Crippen LogP contribution in [0.25, 0.3) is 11.3 Å². The van der Waals surface area contributed by atoms with E-state index in [1.807, 2.05) is 12.1 Å². The van der Waals surface area contributed by atoms with Gasteiger partial charge in [0.1, 0.15) is 17.5 Å². The maximum Gasteiger partial charge on any atom is 0.220 e. The molecule has 4 rings (SSSR count). The van der Waals surface area contributed by atoms with E-state index in [0.717, 1.165) is 36.6 Å². The number of hydrogen-bond donors (Lipinski definition) is 1. The van der Waals surface area contributed by atoms with Gasteiger partial charge in [0.25, 0.3) is 0 Å². The number of carbonyl (C=O) groups is 1. The Morgan fingerprint density at radius 2 is 1.90 bits per heavy atom. The van der Waals surface area contributed by atoms with Crippen LogP contribution in [0.2, 0.25) is 0 Å². The van der Waals surface area contributed by atoms with Gasteiger partial charge < -0.3 is 19.4 Å². The first-order valence-corrected chi connectivity index (χ1v) is 10.0. The molecule has 1 aromatic carbocycles. The number of pyridine rings is 1. The number of amides is 1. The molecule has 3 heterocycles. The van der Waals surface area contributed by atoms with Crippen LogP contribution in [0.5, 0.6) is 0 Å². The number of nitrogens with zero attached hydrogens (tertiary/aromatic N) is 3. The van der Waals surface area contributed by atoms with Gasteiger partial charge in [0.05, 0.1) is 25.0 Å². The molecule has 3 aromatic rings. The molecule has 1 saturated heterocycles. The fraction of sp³-hybridized carbons (Fsp3) is 0.318. The lowest BCUT2D eigenvalue weighted by atomic mass is 10.1. The summed E-state index contributed by atoms with van der Waals surface area (Å²) < 4.78 is 38.5. The summed E-state index contributed by atoms with van der Waals surface area (Å²) in [5, 5.41) is 2.86. The van der Waals surface area contributed by atoms with Crippen LogP contribution in [0.15, 0.2) is 47.1 Å². The lowest BCUT2D eigenvalue weighted by Gasteiger charge is -2.28.